The minimum absolute atomic E-state index is 0.0360. The van der Waals surface area contributed by atoms with E-state index in [1.807, 2.05) is 39.8 Å². The number of hydrogen-bond donors (Lipinski definition) is 3. The highest BCUT2D eigenvalue weighted by atomic mass is 32.2. The molecular weight excluding hydrogens is 416 g/mol. The molecule has 0 aliphatic carbocycles. The Morgan fingerprint density at radius 3 is 2.10 bits per heavy atom. The molecule has 31 heavy (non-hydrogen) atoms. The number of carbonyl (C=O) groups excluding carboxylic acids is 2. The van der Waals surface area contributed by atoms with Gasteiger partial charge < -0.3 is 10.6 Å². The van der Waals surface area contributed by atoms with Crippen LogP contribution in [0.25, 0.3) is 0 Å². The Bertz CT molecular complexity index is 1040. The smallest absolute Gasteiger partial charge is 0.243 e. The molecule has 0 bridgehead atoms. The zero-order valence-electron chi connectivity index (χ0n) is 18.5. The van der Waals surface area contributed by atoms with Crippen molar-refractivity contribution in [3.8, 4) is 0 Å². The number of primary sulfonamides is 1. The van der Waals surface area contributed by atoms with Gasteiger partial charge in [-0.2, -0.15) is 0 Å². The molecule has 2 amide bonds. The lowest BCUT2D eigenvalue weighted by molar-refractivity contribution is -0.125. The quantitative estimate of drug-likeness (QED) is 0.573. The summed E-state index contributed by atoms with van der Waals surface area (Å²) >= 11 is 0. The number of nitrogens with two attached hydrogens (primary N) is 1. The van der Waals surface area contributed by atoms with Gasteiger partial charge in [-0.25, -0.2) is 13.6 Å². The van der Waals surface area contributed by atoms with Gasteiger partial charge in [0.2, 0.25) is 21.8 Å². The average Bonchev–Trinajstić information content (AvgIpc) is 2.68. The maximum Gasteiger partial charge on any atom is 0.243 e. The van der Waals surface area contributed by atoms with Crippen LogP contribution in [0.5, 0.6) is 0 Å². The Kier molecular flexibility index (Phi) is 7.94. The van der Waals surface area contributed by atoms with Gasteiger partial charge in [-0.15, -0.1) is 0 Å². The topological polar surface area (TPSA) is 122 Å². The highest BCUT2D eigenvalue weighted by molar-refractivity contribution is 7.89. The maximum absolute atomic E-state index is 12.3. The number of carbonyl (C=O) groups is 2. The van der Waals surface area contributed by atoms with Crippen molar-refractivity contribution < 1.29 is 18.0 Å². The van der Waals surface area contributed by atoms with E-state index in [1.165, 1.54) is 12.1 Å². The molecular formula is C22H30N4O4S. The van der Waals surface area contributed by atoms with Gasteiger partial charge >= 0.3 is 0 Å². The standard InChI is InChI=1S/C22H30N4O4S/c1-14-10-15(2)22(16(3)11-14)25-20(27)12-24-21(28)13-26(5)17(4)18-6-8-19(9-7-18)31(23,29)30/h6-11,17H,12-13H2,1-5H3,(H,24,28)(H,25,27)(H2,23,29,30). The predicted molar refractivity (Wildman–Crippen MR) is 121 cm³/mol. The number of likely N-dealkylation sites (N-methyl/N-ethyl adjacent to an activating group) is 1. The maximum atomic E-state index is 12.3. The van der Waals surface area contributed by atoms with Crippen LogP contribution in [0, 0.1) is 20.8 Å². The van der Waals surface area contributed by atoms with Crippen molar-refractivity contribution in [1.82, 2.24) is 10.2 Å². The van der Waals surface area contributed by atoms with Crippen molar-refractivity contribution in [2.45, 2.75) is 38.6 Å². The Labute approximate surface area is 183 Å². The van der Waals surface area contributed by atoms with Gasteiger partial charge in [0.25, 0.3) is 0 Å². The summed E-state index contributed by atoms with van der Waals surface area (Å²) in [7, 11) is -1.97. The van der Waals surface area contributed by atoms with Crippen LogP contribution in [0.4, 0.5) is 5.69 Å². The van der Waals surface area contributed by atoms with Crippen LogP contribution in [-0.2, 0) is 19.6 Å². The molecule has 0 fully saturated rings. The molecule has 2 aromatic carbocycles. The van der Waals surface area contributed by atoms with E-state index in [0.29, 0.717) is 0 Å². The summed E-state index contributed by atoms with van der Waals surface area (Å²) in [6.07, 6.45) is 0. The van der Waals surface area contributed by atoms with Gasteiger partial charge in [-0.05, 0) is 63.6 Å². The Morgan fingerprint density at radius 1 is 1.03 bits per heavy atom. The second kappa shape index (κ2) is 10.0. The van der Waals surface area contributed by atoms with Gasteiger partial charge in [-0.1, -0.05) is 29.8 Å². The molecule has 1 atom stereocenters. The molecule has 0 heterocycles. The zero-order valence-corrected chi connectivity index (χ0v) is 19.3. The second-order valence-corrected chi connectivity index (χ2v) is 9.37. The minimum atomic E-state index is -3.75. The van der Waals surface area contributed by atoms with E-state index in [2.05, 4.69) is 10.6 Å². The number of aryl methyl sites for hydroxylation is 3. The van der Waals surface area contributed by atoms with Crippen LogP contribution < -0.4 is 15.8 Å². The first-order valence-corrected chi connectivity index (χ1v) is 11.4. The van der Waals surface area contributed by atoms with E-state index in [-0.39, 0.29) is 35.8 Å². The van der Waals surface area contributed by atoms with E-state index >= 15 is 0 Å². The molecule has 0 spiro atoms. The number of amides is 2. The lowest BCUT2D eigenvalue weighted by atomic mass is 10.1. The molecule has 2 aromatic rings. The molecule has 1 unspecified atom stereocenters. The fourth-order valence-corrected chi connectivity index (χ4v) is 3.86. The molecule has 9 heteroatoms. The lowest BCUT2D eigenvalue weighted by Gasteiger charge is -2.24. The van der Waals surface area contributed by atoms with E-state index in [9.17, 15) is 18.0 Å². The SMILES string of the molecule is Cc1cc(C)c(NC(=O)CNC(=O)CN(C)C(C)c2ccc(S(N)(=O)=O)cc2)c(C)c1. The van der Waals surface area contributed by atoms with Crippen LogP contribution in [0.15, 0.2) is 41.3 Å². The summed E-state index contributed by atoms with van der Waals surface area (Å²) in [5.74, 6) is -0.583. The largest absolute Gasteiger partial charge is 0.346 e. The molecule has 8 nitrogen and oxygen atoms in total. The summed E-state index contributed by atoms with van der Waals surface area (Å²) in [4.78, 5) is 26.4. The monoisotopic (exact) mass is 446 g/mol. The third-order valence-corrected chi connectivity index (χ3v) is 6.06. The normalized spacial score (nSPS) is 12.5. The second-order valence-electron chi connectivity index (χ2n) is 7.80. The summed E-state index contributed by atoms with van der Waals surface area (Å²) in [6, 6.07) is 10.0. The third kappa shape index (κ3) is 6.88. The van der Waals surface area contributed by atoms with Crippen LogP contribution in [0.3, 0.4) is 0 Å². The molecule has 0 saturated heterocycles. The summed E-state index contributed by atoms with van der Waals surface area (Å²) in [5.41, 5.74) is 4.67. The van der Waals surface area contributed by atoms with Crippen LogP contribution >= 0.6 is 0 Å². The molecule has 0 radical (unpaired) electrons. The molecule has 0 aliphatic heterocycles. The minimum Gasteiger partial charge on any atom is -0.346 e. The van der Waals surface area contributed by atoms with Gasteiger partial charge in [0, 0.05) is 11.7 Å². The highest BCUT2D eigenvalue weighted by Crippen LogP contribution is 2.22. The van der Waals surface area contributed by atoms with E-state index in [4.69, 9.17) is 5.14 Å². The van der Waals surface area contributed by atoms with Gasteiger partial charge in [0.05, 0.1) is 18.0 Å². The number of rotatable bonds is 8. The molecule has 0 saturated carbocycles. The summed E-state index contributed by atoms with van der Waals surface area (Å²) in [5, 5.41) is 10.6. The van der Waals surface area contributed by atoms with E-state index < -0.39 is 10.0 Å². The van der Waals surface area contributed by atoms with Crippen molar-refractivity contribution in [2.24, 2.45) is 5.14 Å². The molecule has 2 rings (SSSR count). The zero-order chi connectivity index (χ0) is 23.3. The fraction of sp³-hybridized carbons (Fsp3) is 0.364. The number of nitrogens with one attached hydrogen (secondary N) is 2. The summed E-state index contributed by atoms with van der Waals surface area (Å²) < 4.78 is 22.7. The van der Waals surface area contributed by atoms with Crippen molar-refractivity contribution in [1.29, 1.82) is 0 Å². The number of anilines is 1. The first-order valence-electron chi connectivity index (χ1n) is 9.86. The Hall–Kier alpha value is -2.75. The Balaban J connectivity index is 1.88. The summed E-state index contributed by atoms with van der Waals surface area (Å²) in [6.45, 7) is 7.71. The van der Waals surface area contributed by atoms with Gasteiger partial charge in [-0.3, -0.25) is 14.5 Å². The van der Waals surface area contributed by atoms with Crippen LogP contribution in [0.1, 0.15) is 35.2 Å². The number of sulfonamides is 1. The Morgan fingerprint density at radius 2 is 1.58 bits per heavy atom. The van der Waals surface area contributed by atoms with Crippen molar-refractivity contribution in [2.75, 3.05) is 25.5 Å². The fourth-order valence-electron chi connectivity index (χ4n) is 3.35. The molecule has 0 aromatic heterocycles. The van der Waals surface area contributed by atoms with Crippen molar-refractivity contribution in [3.05, 3.63) is 58.7 Å². The van der Waals surface area contributed by atoms with Crippen LogP contribution in [0.2, 0.25) is 0 Å². The first kappa shape index (κ1) is 24.5. The molecule has 0 aliphatic rings. The van der Waals surface area contributed by atoms with Gasteiger partial charge in [0.1, 0.15) is 0 Å². The van der Waals surface area contributed by atoms with Crippen LogP contribution in [-0.4, -0.2) is 45.3 Å². The number of nitrogens with zero attached hydrogens (tertiary/aromatic N) is 1. The number of hydrogen-bond acceptors (Lipinski definition) is 5. The lowest BCUT2D eigenvalue weighted by Crippen LogP contribution is -2.40. The number of benzene rings is 2. The van der Waals surface area contributed by atoms with E-state index in [0.717, 1.165) is 27.9 Å². The van der Waals surface area contributed by atoms with Crippen molar-refractivity contribution >= 4 is 27.5 Å². The third-order valence-electron chi connectivity index (χ3n) is 5.13. The highest BCUT2D eigenvalue weighted by Gasteiger charge is 2.17. The molecule has 168 valence electrons. The van der Waals surface area contributed by atoms with Crippen molar-refractivity contribution in [3.63, 3.8) is 0 Å². The average molecular weight is 447 g/mol. The van der Waals surface area contributed by atoms with E-state index in [1.54, 1.807) is 24.1 Å². The molecule has 4 N–H and O–H groups in total. The van der Waals surface area contributed by atoms with Gasteiger partial charge in [0.15, 0.2) is 0 Å². The predicted octanol–water partition coefficient (Wildman–Crippen LogP) is 2.01. The first-order chi connectivity index (χ1) is 14.4.